The van der Waals surface area contributed by atoms with Gasteiger partial charge in [0.25, 0.3) is 0 Å². The molecule has 1 aliphatic rings. The van der Waals surface area contributed by atoms with Crippen LogP contribution in [0.1, 0.15) is 25.3 Å². The normalized spacial score (nSPS) is 16.7. The molecule has 1 aliphatic heterocycles. The van der Waals surface area contributed by atoms with Crippen LogP contribution in [0.4, 0.5) is 0 Å². The van der Waals surface area contributed by atoms with Crippen LogP contribution in [0, 0.1) is 0 Å². The van der Waals surface area contributed by atoms with Gasteiger partial charge in [0.2, 0.25) is 11.8 Å². The lowest BCUT2D eigenvalue weighted by Gasteiger charge is -2.23. The molecule has 24 heavy (non-hydrogen) atoms. The molecule has 1 fully saturated rings. The fourth-order valence-electron chi connectivity index (χ4n) is 2.81. The molecule has 1 aromatic rings. The van der Waals surface area contributed by atoms with Crippen molar-refractivity contribution in [2.24, 2.45) is 0 Å². The van der Waals surface area contributed by atoms with Crippen molar-refractivity contribution in [1.82, 2.24) is 10.2 Å². The predicted molar refractivity (Wildman–Crippen MR) is 90.9 cm³/mol. The summed E-state index contributed by atoms with van der Waals surface area (Å²) in [6.07, 6.45) is 2.69. The SMILES string of the molecule is COc1ccccc1CCNC(=O)CN(CC1CCCO1)C(C)=O. The Bertz CT molecular complexity index is 556. The van der Waals surface area contributed by atoms with Crippen LogP contribution in [0.15, 0.2) is 24.3 Å². The van der Waals surface area contributed by atoms with E-state index in [1.807, 2.05) is 24.3 Å². The molecule has 6 heteroatoms. The maximum Gasteiger partial charge on any atom is 0.239 e. The second kappa shape index (κ2) is 9.27. The highest BCUT2D eigenvalue weighted by Crippen LogP contribution is 2.17. The molecule has 0 aromatic heterocycles. The summed E-state index contributed by atoms with van der Waals surface area (Å²) in [5.41, 5.74) is 1.04. The highest BCUT2D eigenvalue weighted by molar-refractivity contribution is 5.83. The second-order valence-corrected chi connectivity index (χ2v) is 5.95. The first kappa shape index (κ1) is 18.3. The first-order valence-electron chi connectivity index (χ1n) is 8.36. The molecule has 0 aliphatic carbocycles. The number of para-hydroxylation sites is 1. The maximum atomic E-state index is 12.1. The minimum atomic E-state index is -0.155. The Balaban J connectivity index is 1.77. The van der Waals surface area contributed by atoms with Gasteiger partial charge >= 0.3 is 0 Å². The number of hydrogen-bond acceptors (Lipinski definition) is 4. The number of amides is 2. The summed E-state index contributed by atoms with van der Waals surface area (Å²) in [4.78, 5) is 25.4. The van der Waals surface area contributed by atoms with Crippen LogP contribution in [0.5, 0.6) is 5.75 Å². The van der Waals surface area contributed by atoms with Gasteiger partial charge in [-0.15, -0.1) is 0 Å². The largest absolute Gasteiger partial charge is 0.496 e. The van der Waals surface area contributed by atoms with Crippen molar-refractivity contribution < 1.29 is 19.1 Å². The van der Waals surface area contributed by atoms with Crippen molar-refractivity contribution in [2.75, 3.05) is 33.4 Å². The Morgan fingerprint density at radius 2 is 2.17 bits per heavy atom. The van der Waals surface area contributed by atoms with Gasteiger partial charge in [-0.3, -0.25) is 9.59 Å². The number of nitrogens with one attached hydrogen (secondary N) is 1. The van der Waals surface area contributed by atoms with Crippen LogP contribution >= 0.6 is 0 Å². The number of methoxy groups -OCH3 is 1. The van der Waals surface area contributed by atoms with E-state index in [0.29, 0.717) is 19.5 Å². The fraction of sp³-hybridized carbons (Fsp3) is 0.556. The highest BCUT2D eigenvalue weighted by Gasteiger charge is 2.22. The first-order valence-corrected chi connectivity index (χ1v) is 8.36. The third-order valence-electron chi connectivity index (χ3n) is 4.14. The summed E-state index contributed by atoms with van der Waals surface area (Å²) in [6.45, 7) is 3.28. The van der Waals surface area contributed by atoms with Crippen molar-refractivity contribution in [1.29, 1.82) is 0 Å². The lowest BCUT2D eigenvalue weighted by atomic mass is 10.1. The van der Waals surface area contributed by atoms with Crippen LogP contribution in [-0.4, -0.2) is 56.2 Å². The van der Waals surface area contributed by atoms with Gasteiger partial charge in [0, 0.05) is 26.6 Å². The Hall–Kier alpha value is -2.08. The van der Waals surface area contributed by atoms with E-state index in [9.17, 15) is 9.59 Å². The van der Waals surface area contributed by atoms with Gasteiger partial charge in [0.05, 0.1) is 19.8 Å². The van der Waals surface area contributed by atoms with E-state index < -0.39 is 0 Å². The van der Waals surface area contributed by atoms with Gasteiger partial charge in [-0.1, -0.05) is 18.2 Å². The molecule has 0 spiro atoms. The average Bonchev–Trinajstić information content (AvgIpc) is 3.07. The lowest BCUT2D eigenvalue weighted by Crippen LogP contribution is -2.43. The third-order valence-corrected chi connectivity index (χ3v) is 4.14. The number of hydrogen-bond donors (Lipinski definition) is 1. The molecule has 2 amide bonds. The molecule has 1 atom stereocenters. The van der Waals surface area contributed by atoms with Gasteiger partial charge in [-0.05, 0) is 30.9 Å². The molecule has 1 N–H and O–H groups in total. The molecular weight excluding hydrogens is 308 g/mol. The highest BCUT2D eigenvalue weighted by atomic mass is 16.5. The summed E-state index contributed by atoms with van der Waals surface area (Å²) >= 11 is 0. The van der Waals surface area contributed by atoms with Crippen LogP contribution in [0.2, 0.25) is 0 Å². The summed E-state index contributed by atoms with van der Waals surface area (Å²) in [5, 5.41) is 2.86. The van der Waals surface area contributed by atoms with Gasteiger partial charge < -0.3 is 19.7 Å². The third kappa shape index (κ3) is 5.53. The summed E-state index contributed by atoms with van der Waals surface area (Å²) in [5.74, 6) is 0.555. The monoisotopic (exact) mass is 334 g/mol. The Labute approximate surface area is 143 Å². The van der Waals surface area contributed by atoms with Crippen molar-refractivity contribution >= 4 is 11.8 Å². The van der Waals surface area contributed by atoms with Gasteiger partial charge in [-0.25, -0.2) is 0 Å². The van der Waals surface area contributed by atoms with E-state index in [4.69, 9.17) is 9.47 Å². The number of carbonyl (C=O) groups is 2. The number of benzene rings is 1. The molecule has 2 rings (SSSR count). The molecule has 1 unspecified atom stereocenters. The van der Waals surface area contributed by atoms with Gasteiger partial charge in [-0.2, -0.15) is 0 Å². The number of nitrogens with zero attached hydrogens (tertiary/aromatic N) is 1. The molecule has 6 nitrogen and oxygen atoms in total. The molecule has 1 saturated heterocycles. The molecule has 1 aromatic carbocycles. The van der Waals surface area contributed by atoms with E-state index >= 15 is 0 Å². The Morgan fingerprint density at radius 1 is 1.38 bits per heavy atom. The van der Waals surface area contributed by atoms with Crippen molar-refractivity contribution in [2.45, 2.75) is 32.3 Å². The fourth-order valence-corrected chi connectivity index (χ4v) is 2.81. The summed E-state index contributed by atoms with van der Waals surface area (Å²) in [6, 6.07) is 7.73. The predicted octanol–water partition coefficient (Wildman–Crippen LogP) is 1.38. The second-order valence-electron chi connectivity index (χ2n) is 5.95. The van der Waals surface area contributed by atoms with Gasteiger partial charge in [0.1, 0.15) is 5.75 Å². The number of carbonyl (C=O) groups excluding carboxylic acids is 2. The Morgan fingerprint density at radius 3 is 2.83 bits per heavy atom. The van der Waals surface area contributed by atoms with E-state index in [1.165, 1.54) is 6.92 Å². The van der Waals surface area contributed by atoms with Crippen molar-refractivity contribution in [3.63, 3.8) is 0 Å². The van der Waals surface area contributed by atoms with Crippen molar-refractivity contribution in [3.05, 3.63) is 29.8 Å². The van der Waals surface area contributed by atoms with Crippen LogP contribution < -0.4 is 10.1 Å². The molecule has 132 valence electrons. The molecular formula is C18H26N2O4. The van der Waals surface area contributed by atoms with E-state index in [2.05, 4.69) is 5.32 Å². The summed E-state index contributed by atoms with van der Waals surface area (Å²) in [7, 11) is 1.63. The van der Waals surface area contributed by atoms with E-state index in [-0.39, 0.29) is 24.5 Å². The molecule has 0 radical (unpaired) electrons. The van der Waals surface area contributed by atoms with Crippen LogP contribution in [0.3, 0.4) is 0 Å². The summed E-state index contributed by atoms with van der Waals surface area (Å²) < 4.78 is 10.8. The van der Waals surface area contributed by atoms with Gasteiger partial charge in [0.15, 0.2) is 0 Å². The first-order chi connectivity index (χ1) is 11.6. The quantitative estimate of drug-likeness (QED) is 0.780. The average molecular weight is 334 g/mol. The van der Waals surface area contributed by atoms with Crippen LogP contribution in [-0.2, 0) is 20.7 Å². The zero-order chi connectivity index (χ0) is 17.4. The molecule has 0 saturated carbocycles. The minimum Gasteiger partial charge on any atom is -0.496 e. The standard InChI is InChI=1S/C18H26N2O4/c1-14(21)20(12-16-7-5-11-24-16)13-18(22)19-10-9-15-6-3-4-8-17(15)23-2/h3-4,6,8,16H,5,7,9-13H2,1-2H3,(H,19,22). The number of rotatable bonds is 8. The maximum absolute atomic E-state index is 12.1. The minimum absolute atomic E-state index is 0.0512. The van der Waals surface area contributed by atoms with Crippen LogP contribution in [0.25, 0.3) is 0 Å². The zero-order valence-electron chi connectivity index (χ0n) is 14.4. The van der Waals surface area contributed by atoms with Crippen molar-refractivity contribution in [3.8, 4) is 5.75 Å². The molecule has 1 heterocycles. The topological polar surface area (TPSA) is 67.9 Å². The van der Waals surface area contributed by atoms with E-state index in [0.717, 1.165) is 30.8 Å². The Kier molecular flexibility index (Phi) is 7.06. The number of ether oxygens (including phenoxy) is 2. The zero-order valence-corrected chi connectivity index (χ0v) is 14.4. The lowest BCUT2D eigenvalue weighted by molar-refractivity contribution is -0.135. The van der Waals surface area contributed by atoms with E-state index in [1.54, 1.807) is 12.0 Å². The molecule has 0 bridgehead atoms. The smallest absolute Gasteiger partial charge is 0.239 e.